The minimum atomic E-state index is -0.359. The van der Waals surface area contributed by atoms with Gasteiger partial charge in [0.25, 0.3) is 5.70 Å². The molecule has 0 bridgehead atoms. The van der Waals surface area contributed by atoms with Crippen molar-refractivity contribution in [3.05, 3.63) is 33.0 Å². The highest BCUT2D eigenvalue weighted by Crippen LogP contribution is 2.08. The molecule has 0 radical (unpaired) electrons. The van der Waals surface area contributed by atoms with E-state index in [0.29, 0.717) is 0 Å². The van der Waals surface area contributed by atoms with E-state index in [-0.39, 0.29) is 10.6 Å². The summed E-state index contributed by atoms with van der Waals surface area (Å²) in [4.78, 5) is 10.0. The molecule has 0 N–H and O–H groups in total. The van der Waals surface area contributed by atoms with Gasteiger partial charge in [0.15, 0.2) is 0 Å². The number of nitrogens with zero attached hydrogens (tertiary/aromatic N) is 1. The lowest BCUT2D eigenvalue weighted by atomic mass is 10.2. The molecule has 0 fully saturated rings. The molecule has 0 saturated carbocycles. The lowest BCUT2D eigenvalue weighted by Gasteiger charge is -1.94. The first-order valence-electron chi connectivity index (χ1n) is 4.42. The Kier molecular flexibility index (Phi) is 8.34. The Bertz CT molecular complexity index is 219. The summed E-state index contributed by atoms with van der Waals surface area (Å²) in [5, 5.41) is 10.4. The molecular formula is C10H19NO2. The van der Waals surface area contributed by atoms with E-state index in [2.05, 4.69) is 0 Å². The molecule has 76 valence electrons. The van der Waals surface area contributed by atoms with E-state index in [0.717, 1.165) is 11.1 Å². The van der Waals surface area contributed by atoms with E-state index < -0.39 is 0 Å². The zero-order valence-corrected chi connectivity index (χ0v) is 9.34. The third-order valence-corrected chi connectivity index (χ3v) is 1.13. The minimum absolute atomic E-state index is 0.199. The number of hydrogen-bond donors (Lipinski definition) is 0. The summed E-state index contributed by atoms with van der Waals surface area (Å²) in [5.74, 6) is 0. The second kappa shape index (κ2) is 7.53. The van der Waals surface area contributed by atoms with Crippen LogP contribution in [-0.2, 0) is 0 Å². The molecule has 0 rings (SSSR count). The second-order valence-electron chi connectivity index (χ2n) is 2.86. The molecule has 0 aliphatic heterocycles. The maximum atomic E-state index is 10.4. The smallest absolute Gasteiger partial charge is 0.258 e. The number of hydrogen-bond acceptors (Lipinski definition) is 2. The predicted octanol–water partition coefficient (Wildman–Crippen LogP) is 3.55. The van der Waals surface area contributed by atoms with Gasteiger partial charge in [-0.15, -0.1) is 0 Å². The van der Waals surface area contributed by atoms with E-state index in [9.17, 15) is 10.1 Å². The third-order valence-electron chi connectivity index (χ3n) is 1.13. The highest BCUT2D eigenvalue weighted by Gasteiger charge is 2.07. The van der Waals surface area contributed by atoms with Crippen LogP contribution in [0.2, 0.25) is 0 Å². The van der Waals surface area contributed by atoms with Crippen LogP contribution in [0.15, 0.2) is 22.9 Å². The van der Waals surface area contributed by atoms with E-state index in [1.165, 1.54) is 0 Å². The van der Waals surface area contributed by atoms with Gasteiger partial charge in [0.05, 0.1) is 4.92 Å². The molecule has 3 nitrogen and oxygen atoms in total. The van der Waals surface area contributed by atoms with Gasteiger partial charge in [-0.2, -0.15) is 0 Å². The second-order valence-corrected chi connectivity index (χ2v) is 2.86. The Labute approximate surface area is 80.3 Å². The quantitative estimate of drug-likeness (QED) is 0.375. The molecule has 0 heterocycles. The molecule has 0 amide bonds. The van der Waals surface area contributed by atoms with Crippen LogP contribution >= 0.6 is 0 Å². The standard InChI is InChI=1S/C8H13NO2.C2H6/c1-6(2)5-8(7(3)4)9(10)11;1-2/h5H,1-4H3;1-2H3. The van der Waals surface area contributed by atoms with Gasteiger partial charge in [0.2, 0.25) is 0 Å². The fourth-order valence-electron chi connectivity index (χ4n) is 0.653. The predicted molar refractivity (Wildman–Crippen MR) is 56.1 cm³/mol. The summed E-state index contributed by atoms with van der Waals surface area (Å²) in [6.07, 6.45) is 1.58. The molecule has 0 spiro atoms. The summed E-state index contributed by atoms with van der Waals surface area (Å²) >= 11 is 0. The van der Waals surface area contributed by atoms with Gasteiger partial charge in [0.1, 0.15) is 0 Å². The highest BCUT2D eigenvalue weighted by molar-refractivity contribution is 5.19. The molecule has 0 atom stereocenters. The van der Waals surface area contributed by atoms with E-state index in [1.54, 1.807) is 19.9 Å². The van der Waals surface area contributed by atoms with Crippen molar-refractivity contribution in [1.82, 2.24) is 0 Å². The first-order chi connectivity index (χ1) is 5.95. The topological polar surface area (TPSA) is 43.1 Å². The zero-order chi connectivity index (χ0) is 11.0. The van der Waals surface area contributed by atoms with Crippen LogP contribution in [0.1, 0.15) is 41.5 Å². The van der Waals surface area contributed by atoms with E-state index in [1.807, 2.05) is 27.7 Å². The van der Waals surface area contributed by atoms with E-state index >= 15 is 0 Å². The maximum absolute atomic E-state index is 10.4. The fourth-order valence-corrected chi connectivity index (χ4v) is 0.653. The van der Waals surface area contributed by atoms with Crippen molar-refractivity contribution in [3.63, 3.8) is 0 Å². The summed E-state index contributed by atoms with van der Waals surface area (Å²) in [6.45, 7) is 11.1. The van der Waals surface area contributed by atoms with Crippen LogP contribution in [0, 0.1) is 10.1 Å². The van der Waals surface area contributed by atoms with Gasteiger partial charge >= 0.3 is 0 Å². The average molecular weight is 185 g/mol. The summed E-state index contributed by atoms with van der Waals surface area (Å²) in [5.41, 5.74) is 1.87. The molecule has 0 aliphatic rings. The molecular weight excluding hydrogens is 166 g/mol. The molecule has 0 unspecified atom stereocenters. The van der Waals surface area contributed by atoms with Crippen LogP contribution < -0.4 is 0 Å². The fraction of sp³-hybridized carbons (Fsp3) is 0.600. The molecule has 0 aromatic carbocycles. The van der Waals surface area contributed by atoms with Crippen molar-refractivity contribution in [1.29, 1.82) is 0 Å². The maximum Gasteiger partial charge on any atom is 0.267 e. The van der Waals surface area contributed by atoms with Crippen molar-refractivity contribution in [3.8, 4) is 0 Å². The Morgan fingerprint density at radius 2 is 1.54 bits per heavy atom. The van der Waals surface area contributed by atoms with E-state index in [4.69, 9.17) is 0 Å². The first-order valence-corrected chi connectivity index (χ1v) is 4.42. The lowest BCUT2D eigenvalue weighted by Crippen LogP contribution is -1.97. The van der Waals surface area contributed by atoms with Crippen molar-refractivity contribution < 1.29 is 4.92 Å². The van der Waals surface area contributed by atoms with Gasteiger partial charge in [-0.25, -0.2) is 0 Å². The average Bonchev–Trinajstić information content (AvgIpc) is 2.03. The minimum Gasteiger partial charge on any atom is -0.258 e. The van der Waals surface area contributed by atoms with Crippen molar-refractivity contribution in [2.75, 3.05) is 0 Å². The lowest BCUT2D eigenvalue weighted by molar-refractivity contribution is -0.420. The first kappa shape index (κ1) is 14.4. The zero-order valence-electron chi connectivity index (χ0n) is 9.34. The largest absolute Gasteiger partial charge is 0.267 e. The normalized spacial score (nSPS) is 7.85. The van der Waals surface area contributed by atoms with Crippen molar-refractivity contribution in [2.24, 2.45) is 0 Å². The molecule has 3 heteroatoms. The van der Waals surface area contributed by atoms with Crippen molar-refractivity contribution >= 4 is 0 Å². The van der Waals surface area contributed by atoms with Crippen LogP contribution in [-0.4, -0.2) is 4.92 Å². The monoisotopic (exact) mass is 185 g/mol. The SMILES string of the molecule is CC.CC(C)=CC(=C(C)C)[N+](=O)[O-]. The Morgan fingerprint density at radius 3 is 1.62 bits per heavy atom. The Balaban J connectivity index is 0. The summed E-state index contributed by atoms with van der Waals surface area (Å²) < 4.78 is 0. The Morgan fingerprint density at radius 1 is 1.15 bits per heavy atom. The van der Waals surface area contributed by atoms with Gasteiger partial charge < -0.3 is 0 Å². The molecule has 0 saturated heterocycles. The van der Waals surface area contributed by atoms with Gasteiger partial charge in [-0.1, -0.05) is 19.4 Å². The molecule has 0 aromatic rings. The third kappa shape index (κ3) is 7.25. The summed E-state index contributed by atoms with van der Waals surface area (Å²) in [6, 6.07) is 0. The number of rotatable bonds is 2. The highest BCUT2D eigenvalue weighted by atomic mass is 16.6. The summed E-state index contributed by atoms with van der Waals surface area (Å²) in [7, 11) is 0. The molecule has 0 aromatic heterocycles. The van der Waals surface area contributed by atoms with Gasteiger partial charge in [-0.05, 0) is 27.7 Å². The number of allylic oxidation sites excluding steroid dienone is 3. The van der Waals surface area contributed by atoms with Crippen LogP contribution in [0.25, 0.3) is 0 Å². The Hall–Kier alpha value is -1.12. The van der Waals surface area contributed by atoms with Crippen LogP contribution in [0.3, 0.4) is 0 Å². The van der Waals surface area contributed by atoms with Crippen LogP contribution in [0.5, 0.6) is 0 Å². The number of nitro groups is 1. The van der Waals surface area contributed by atoms with Gasteiger partial charge in [-0.3, -0.25) is 10.1 Å². The molecule has 13 heavy (non-hydrogen) atoms. The molecule has 0 aliphatic carbocycles. The van der Waals surface area contributed by atoms with Gasteiger partial charge in [0, 0.05) is 11.6 Å². The van der Waals surface area contributed by atoms with Crippen molar-refractivity contribution in [2.45, 2.75) is 41.5 Å². The van der Waals surface area contributed by atoms with Crippen LogP contribution in [0.4, 0.5) is 0 Å².